The Bertz CT molecular complexity index is 635. The zero-order valence-electron chi connectivity index (χ0n) is 11.2. The van der Waals surface area contributed by atoms with E-state index in [0.29, 0.717) is 22.5 Å². The largest absolute Gasteiger partial charge is 0.465 e. The minimum atomic E-state index is -0.438. The average Bonchev–Trinajstić information content (AvgIpc) is 3.04. The highest BCUT2D eigenvalue weighted by Crippen LogP contribution is 2.23. The van der Waals surface area contributed by atoms with Gasteiger partial charge in [0.1, 0.15) is 5.51 Å². The fraction of sp³-hybridized carbons (Fsp3) is 0.333. The van der Waals surface area contributed by atoms with Gasteiger partial charge in [0.2, 0.25) is 0 Å². The molecule has 0 saturated carbocycles. The monoisotopic (exact) mass is 311 g/mol. The standard InChI is InChI=1S/C12H13N3O3S2/c1-6-9(11(17)18-3)7(2)14-10(6)8(16)4-19-12-15-13-5-20-12/h5,14H,4H2,1-3H3. The fourth-order valence-corrected chi connectivity index (χ4v) is 3.22. The van der Waals surface area contributed by atoms with E-state index in [9.17, 15) is 9.59 Å². The Balaban J connectivity index is 2.16. The van der Waals surface area contributed by atoms with E-state index in [1.54, 1.807) is 19.4 Å². The third-order valence-electron chi connectivity index (χ3n) is 2.77. The number of nitrogens with one attached hydrogen (secondary N) is 1. The summed E-state index contributed by atoms with van der Waals surface area (Å²) < 4.78 is 5.46. The first-order valence-corrected chi connectivity index (χ1v) is 7.60. The number of Topliss-reactive ketones (excluding diaryl/α,β-unsaturated/α-hetero) is 1. The molecule has 20 heavy (non-hydrogen) atoms. The highest BCUT2D eigenvalue weighted by atomic mass is 32.2. The maximum atomic E-state index is 12.2. The summed E-state index contributed by atoms with van der Waals surface area (Å²) in [6.45, 7) is 3.48. The van der Waals surface area contributed by atoms with Crippen molar-refractivity contribution in [3.05, 3.63) is 28.0 Å². The summed E-state index contributed by atoms with van der Waals surface area (Å²) in [7, 11) is 1.32. The quantitative estimate of drug-likeness (QED) is 0.518. The molecule has 2 aromatic heterocycles. The number of nitrogens with zero attached hydrogens (tertiary/aromatic N) is 2. The highest BCUT2D eigenvalue weighted by molar-refractivity contribution is 8.01. The van der Waals surface area contributed by atoms with Gasteiger partial charge in [0.05, 0.1) is 24.1 Å². The van der Waals surface area contributed by atoms with Crippen molar-refractivity contribution in [1.29, 1.82) is 0 Å². The molecule has 0 saturated heterocycles. The summed E-state index contributed by atoms with van der Waals surface area (Å²) in [4.78, 5) is 26.8. The normalized spacial score (nSPS) is 10.6. The summed E-state index contributed by atoms with van der Waals surface area (Å²) in [5.41, 5.74) is 3.75. The minimum Gasteiger partial charge on any atom is -0.465 e. The molecular formula is C12H13N3O3S2. The van der Waals surface area contributed by atoms with Crippen molar-refractivity contribution < 1.29 is 14.3 Å². The average molecular weight is 311 g/mol. The lowest BCUT2D eigenvalue weighted by molar-refractivity contribution is 0.0599. The van der Waals surface area contributed by atoms with Gasteiger partial charge in [-0.3, -0.25) is 4.79 Å². The molecule has 0 aliphatic rings. The third-order valence-corrected chi connectivity index (χ3v) is 4.63. The van der Waals surface area contributed by atoms with Crippen molar-refractivity contribution in [1.82, 2.24) is 15.2 Å². The molecule has 0 amide bonds. The molecule has 0 radical (unpaired) electrons. The number of rotatable bonds is 5. The number of hydrogen-bond acceptors (Lipinski definition) is 7. The van der Waals surface area contributed by atoms with E-state index in [4.69, 9.17) is 4.74 Å². The second-order valence-corrected chi connectivity index (χ2v) is 6.09. The smallest absolute Gasteiger partial charge is 0.339 e. The van der Waals surface area contributed by atoms with Gasteiger partial charge in [-0.2, -0.15) is 0 Å². The van der Waals surface area contributed by atoms with E-state index in [0.717, 1.165) is 4.34 Å². The van der Waals surface area contributed by atoms with Crippen LogP contribution in [0.1, 0.15) is 32.1 Å². The molecule has 106 valence electrons. The number of aromatic nitrogens is 3. The first-order valence-electron chi connectivity index (χ1n) is 5.74. The number of methoxy groups -OCH3 is 1. The van der Waals surface area contributed by atoms with Crippen molar-refractivity contribution >= 4 is 34.9 Å². The molecule has 2 rings (SSSR count). The third kappa shape index (κ3) is 2.91. The number of carbonyl (C=O) groups is 2. The molecule has 0 atom stereocenters. The summed E-state index contributed by atoms with van der Waals surface area (Å²) in [5.74, 6) is -0.274. The molecule has 0 unspecified atom stereocenters. The summed E-state index contributed by atoms with van der Waals surface area (Å²) in [5, 5.41) is 7.57. The van der Waals surface area contributed by atoms with Crippen LogP contribution >= 0.6 is 23.1 Å². The predicted octanol–water partition coefficient (Wildman–Crippen LogP) is 2.24. The van der Waals surface area contributed by atoms with Crippen LogP contribution in [0, 0.1) is 13.8 Å². The Labute approximate surface area is 123 Å². The fourth-order valence-electron chi connectivity index (χ4n) is 1.86. The van der Waals surface area contributed by atoms with Crippen LogP contribution in [-0.2, 0) is 4.74 Å². The van der Waals surface area contributed by atoms with Crippen LogP contribution in [0.4, 0.5) is 0 Å². The van der Waals surface area contributed by atoms with Crippen molar-refractivity contribution in [2.75, 3.05) is 12.9 Å². The summed E-state index contributed by atoms with van der Waals surface area (Å²) >= 11 is 2.71. The molecule has 1 N–H and O–H groups in total. The van der Waals surface area contributed by atoms with Gasteiger partial charge in [0.15, 0.2) is 10.1 Å². The molecule has 2 heterocycles. The summed E-state index contributed by atoms with van der Waals surface area (Å²) in [6.07, 6.45) is 0. The first kappa shape index (κ1) is 14.7. The Morgan fingerprint density at radius 2 is 2.20 bits per heavy atom. The molecule has 8 heteroatoms. The van der Waals surface area contributed by atoms with E-state index >= 15 is 0 Å². The lowest BCUT2D eigenvalue weighted by Crippen LogP contribution is -2.07. The SMILES string of the molecule is COC(=O)c1c(C)[nH]c(C(=O)CSc2nncs2)c1C. The Morgan fingerprint density at radius 1 is 1.45 bits per heavy atom. The van der Waals surface area contributed by atoms with Gasteiger partial charge in [-0.25, -0.2) is 4.79 Å². The van der Waals surface area contributed by atoms with Crippen molar-refractivity contribution in [3.8, 4) is 0 Å². The second kappa shape index (κ2) is 6.19. The van der Waals surface area contributed by atoms with Gasteiger partial charge < -0.3 is 9.72 Å². The molecule has 2 aromatic rings. The first-order chi connectivity index (χ1) is 9.54. The lowest BCUT2D eigenvalue weighted by Gasteiger charge is -2.00. The zero-order chi connectivity index (χ0) is 14.7. The highest BCUT2D eigenvalue weighted by Gasteiger charge is 2.22. The van der Waals surface area contributed by atoms with E-state index in [1.807, 2.05) is 0 Å². The molecule has 0 aromatic carbocycles. The number of ketones is 1. The second-order valence-electron chi connectivity index (χ2n) is 4.03. The molecule has 0 spiro atoms. The van der Waals surface area contributed by atoms with Crippen molar-refractivity contribution in [2.45, 2.75) is 18.2 Å². The maximum absolute atomic E-state index is 12.2. The van der Waals surface area contributed by atoms with Gasteiger partial charge in [-0.15, -0.1) is 10.2 Å². The van der Waals surface area contributed by atoms with Crippen LogP contribution < -0.4 is 0 Å². The lowest BCUT2D eigenvalue weighted by atomic mass is 10.1. The minimum absolute atomic E-state index is 0.0825. The van der Waals surface area contributed by atoms with Gasteiger partial charge >= 0.3 is 5.97 Å². The number of aryl methyl sites for hydroxylation is 1. The summed E-state index contributed by atoms with van der Waals surface area (Å²) in [6, 6.07) is 0. The van der Waals surface area contributed by atoms with Crippen LogP contribution in [-0.4, -0.2) is 39.8 Å². The number of H-pyrrole nitrogens is 1. The van der Waals surface area contributed by atoms with Gasteiger partial charge in [0.25, 0.3) is 0 Å². The van der Waals surface area contributed by atoms with E-state index in [1.165, 1.54) is 30.2 Å². The van der Waals surface area contributed by atoms with Crippen LogP contribution in [0.2, 0.25) is 0 Å². The number of carbonyl (C=O) groups excluding carboxylic acids is 2. The molecular weight excluding hydrogens is 298 g/mol. The van der Waals surface area contributed by atoms with Crippen LogP contribution in [0.25, 0.3) is 0 Å². The van der Waals surface area contributed by atoms with Gasteiger partial charge in [-0.1, -0.05) is 23.1 Å². The van der Waals surface area contributed by atoms with Crippen LogP contribution in [0.5, 0.6) is 0 Å². The van der Waals surface area contributed by atoms with E-state index in [2.05, 4.69) is 15.2 Å². The number of aromatic amines is 1. The van der Waals surface area contributed by atoms with E-state index < -0.39 is 5.97 Å². The maximum Gasteiger partial charge on any atom is 0.339 e. The predicted molar refractivity (Wildman–Crippen MR) is 76.6 cm³/mol. The van der Waals surface area contributed by atoms with Gasteiger partial charge in [0, 0.05) is 5.69 Å². The Hall–Kier alpha value is -1.67. The Morgan fingerprint density at radius 3 is 2.80 bits per heavy atom. The number of hydrogen-bond donors (Lipinski definition) is 1. The molecule has 0 aliphatic carbocycles. The topological polar surface area (TPSA) is 84.9 Å². The van der Waals surface area contributed by atoms with E-state index in [-0.39, 0.29) is 11.5 Å². The Kier molecular flexibility index (Phi) is 4.56. The number of ether oxygens (including phenoxy) is 1. The molecule has 0 bridgehead atoms. The zero-order valence-corrected chi connectivity index (χ0v) is 12.9. The van der Waals surface area contributed by atoms with Gasteiger partial charge in [-0.05, 0) is 19.4 Å². The number of thioether (sulfide) groups is 1. The molecule has 0 aliphatic heterocycles. The van der Waals surface area contributed by atoms with Crippen molar-refractivity contribution in [3.63, 3.8) is 0 Å². The van der Waals surface area contributed by atoms with Crippen LogP contribution in [0.15, 0.2) is 9.85 Å². The molecule has 0 fully saturated rings. The van der Waals surface area contributed by atoms with Crippen molar-refractivity contribution in [2.24, 2.45) is 0 Å². The number of esters is 1. The molecule has 6 nitrogen and oxygen atoms in total. The van der Waals surface area contributed by atoms with Crippen LogP contribution in [0.3, 0.4) is 0 Å².